The molecule has 1 heterocycles. The molecule has 1 aliphatic rings. The van der Waals surface area contributed by atoms with Gasteiger partial charge in [0.2, 0.25) is 6.29 Å². The van der Waals surface area contributed by atoms with Crippen molar-refractivity contribution in [3.8, 4) is 17.2 Å². The van der Waals surface area contributed by atoms with Gasteiger partial charge >= 0.3 is 0 Å². The average Bonchev–Trinajstić information content (AvgIpc) is 2.38. The van der Waals surface area contributed by atoms with Crippen LogP contribution in [0.1, 0.15) is 0 Å². The lowest BCUT2D eigenvalue weighted by Crippen LogP contribution is -2.60. The van der Waals surface area contributed by atoms with Crippen molar-refractivity contribution in [2.45, 2.75) is 30.7 Å². The van der Waals surface area contributed by atoms with Gasteiger partial charge in [-0.1, -0.05) is 0 Å². The fraction of sp³-hybridized carbons (Fsp3) is 0.500. The molecular formula is C12H16O8. The lowest BCUT2D eigenvalue weighted by Gasteiger charge is -2.39. The Morgan fingerprint density at radius 3 is 2.10 bits per heavy atom. The van der Waals surface area contributed by atoms with Crippen molar-refractivity contribution < 1.29 is 40.1 Å². The summed E-state index contributed by atoms with van der Waals surface area (Å²) in [6.45, 7) is -0.573. The zero-order chi connectivity index (χ0) is 14.9. The minimum absolute atomic E-state index is 0.00757. The fourth-order valence-corrected chi connectivity index (χ4v) is 1.93. The van der Waals surface area contributed by atoms with Crippen LogP contribution in [0.25, 0.3) is 0 Å². The van der Waals surface area contributed by atoms with Gasteiger partial charge in [0.1, 0.15) is 41.7 Å². The van der Waals surface area contributed by atoms with E-state index in [1.165, 1.54) is 12.1 Å². The van der Waals surface area contributed by atoms with E-state index in [9.17, 15) is 25.5 Å². The molecule has 8 nitrogen and oxygen atoms in total. The normalized spacial score (nSPS) is 33.9. The maximum atomic E-state index is 9.75. The Balaban J connectivity index is 2.15. The molecule has 0 radical (unpaired) electrons. The van der Waals surface area contributed by atoms with Crippen molar-refractivity contribution in [2.24, 2.45) is 0 Å². The van der Waals surface area contributed by atoms with Gasteiger partial charge in [0.25, 0.3) is 0 Å². The van der Waals surface area contributed by atoms with Crippen molar-refractivity contribution in [3.63, 3.8) is 0 Å². The lowest BCUT2D eigenvalue weighted by atomic mass is 9.99. The zero-order valence-corrected chi connectivity index (χ0v) is 10.3. The van der Waals surface area contributed by atoms with E-state index in [2.05, 4.69) is 0 Å². The second kappa shape index (κ2) is 5.81. The number of benzene rings is 1. The van der Waals surface area contributed by atoms with E-state index < -0.39 is 37.3 Å². The number of rotatable bonds is 3. The third-order valence-electron chi connectivity index (χ3n) is 2.98. The Morgan fingerprint density at radius 1 is 0.950 bits per heavy atom. The first kappa shape index (κ1) is 14.8. The van der Waals surface area contributed by atoms with E-state index in [0.29, 0.717) is 0 Å². The maximum Gasteiger partial charge on any atom is 0.229 e. The molecule has 0 aromatic heterocycles. The molecule has 8 heteroatoms. The van der Waals surface area contributed by atoms with Crippen molar-refractivity contribution in [1.29, 1.82) is 0 Å². The van der Waals surface area contributed by atoms with E-state index in [1.807, 2.05) is 0 Å². The second-order valence-corrected chi connectivity index (χ2v) is 4.50. The standard InChI is InChI=1S/C12H16O8/c13-4-8-9(16)10(17)11(18)12(20-8)19-7-2-5(14)1-6(15)3-7/h1-3,8-18H,4H2/t8?,9?,10-,11+,12?/m0/s1. The van der Waals surface area contributed by atoms with Crippen LogP contribution in [0.3, 0.4) is 0 Å². The van der Waals surface area contributed by atoms with Gasteiger partial charge in [-0.3, -0.25) is 0 Å². The highest BCUT2D eigenvalue weighted by Gasteiger charge is 2.44. The molecule has 1 saturated heterocycles. The fourth-order valence-electron chi connectivity index (χ4n) is 1.93. The van der Waals surface area contributed by atoms with Crippen LogP contribution in [0.2, 0.25) is 0 Å². The second-order valence-electron chi connectivity index (χ2n) is 4.50. The summed E-state index contributed by atoms with van der Waals surface area (Å²) in [4.78, 5) is 0. The summed E-state index contributed by atoms with van der Waals surface area (Å²) in [6, 6.07) is 3.42. The molecule has 1 aliphatic heterocycles. The molecule has 0 spiro atoms. The number of phenols is 2. The third-order valence-corrected chi connectivity index (χ3v) is 2.98. The zero-order valence-electron chi connectivity index (χ0n) is 10.3. The lowest BCUT2D eigenvalue weighted by molar-refractivity contribution is -0.277. The molecule has 0 bridgehead atoms. The minimum Gasteiger partial charge on any atom is -0.508 e. The van der Waals surface area contributed by atoms with Crippen LogP contribution in [0.4, 0.5) is 0 Å². The van der Waals surface area contributed by atoms with Gasteiger partial charge in [-0.05, 0) is 0 Å². The minimum atomic E-state index is -1.56. The van der Waals surface area contributed by atoms with Crippen LogP contribution < -0.4 is 4.74 Å². The molecule has 5 atom stereocenters. The van der Waals surface area contributed by atoms with Gasteiger partial charge in [-0.25, -0.2) is 0 Å². The summed E-state index contributed by atoms with van der Waals surface area (Å²) in [5, 5.41) is 56.6. The Bertz CT molecular complexity index is 443. The molecule has 6 N–H and O–H groups in total. The number of aliphatic hydroxyl groups excluding tert-OH is 4. The van der Waals surface area contributed by atoms with Gasteiger partial charge in [-0.15, -0.1) is 0 Å². The van der Waals surface area contributed by atoms with Crippen molar-refractivity contribution in [2.75, 3.05) is 6.61 Å². The van der Waals surface area contributed by atoms with Gasteiger partial charge in [0.15, 0.2) is 0 Å². The van der Waals surface area contributed by atoms with Crippen LogP contribution >= 0.6 is 0 Å². The molecule has 1 aromatic rings. The molecule has 1 aromatic carbocycles. The molecule has 20 heavy (non-hydrogen) atoms. The van der Waals surface area contributed by atoms with Gasteiger partial charge in [0.05, 0.1) is 6.61 Å². The van der Waals surface area contributed by atoms with E-state index in [-0.39, 0.29) is 17.2 Å². The molecule has 112 valence electrons. The number of aliphatic hydroxyl groups is 4. The van der Waals surface area contributed by atoms with Crippen LogP contribution in [-0.2, 0) is 4.74 Å². The molecule has 3 unspecified atom stereocenters. The first-order chi connectivity index (χ1) is 9.42. The molecule has 0 saturated carbocycles. The Labute approximate surface area is 114 Å². The SMILES string of the molecule is OCC1OC(Oc2cc(O)cc(O)c2)[C@H](O)[C@@H](O)C1O. The monoisotopic (exact) mass is 288 g/mol. The summed E-state index contributed by atoms with van der Waals surface area (Å²) in [5.74, 6) is -0.527. The average molecular weight is 288 g/mol. The Morgan fingerprint density at radius 2 is 1.55 bits per heavy atom. The van der Waals surface area contributed by atoms with Gasteiger partial charge in [0, 0.05) is 18.2 Å². The van der Waals surface area contributed by atoms with Gasteiger partial charge < -0.3 is 40.1 Å². The Hall–Kier alpha value is -1.58. The van der Waals surface area contributed by atoms with Crippen LogP contribution in [-0.4, -0.2) is 68.0 Å². The van der Waals surface area contributed by atoms with Crippen LogP contribution in [0.5, 0.6) is 17.2 Å². The number of ether oxygens (including phenoxy) is 2. The summed E-state index contributed by atoms with van der Waals surface area (Å²) >= 11 is 0. The number of hydrogen-bond donors (Lipinski definition) is 6. The summed E-state index contributed by atoms with van der Waals surface area (Å²) < 4.78 is 10.3. The topological polar surface area (TPSA) is 140 Å². The first-order valence-corrected chi connectivity index (χ1v) is 5.92. The molecule has 0 aliphatic carbocycles. The van der Waals surface area contributed by atoms with Crippen LogP contribution in [0.15, 0.2) is 18.2 Å². The van der Waals surface area contributed by atoms with Crippen molar-refractivity contribution >= 4 is 0 Å². The maximum absolute atomic E-state index is 9.75. The highest BCUT2D eigenvalue weighted by molar-refractivity contribution is 5.40. The summed E-state index contributed by atoms with van der Waals surface area (Å²) in [5.41, 5.74) is 0. The smallest absolute Gasteiger partial charge is 0.229 e. The van der Waals surface area contributed by atoms with Crippen LogP contribution in [0, 0.1) is 0 Å². The van der Waals surface area contributed by atoms with E-state index in [4.69, 9.17) is 14.6 Å². The summed E-state index contributed by atoms with van der Waals surface area (Å²) in [7, 11) is 0. The number of hydrogen-bond acceptors (Lipinski definition) is 8. The molecule has 0 amide bonds. The highest BCUT2D eigenvalue weighted by atomic mass is 16.7. The first-order valence-electron chi connectivity index (χ1n) is 5.92. The predicted octanol–water partition coefficient (Wildman–Crippen LogP) is -1.72. The molecule has 1 fully saturated rings. The van der Waals surface area contributed by atoms with E-state index in [1.54, 1.807) is 0 Å². The number of aromatic hydroxyl groups is 2. The predicted molar refractivity (Wildman–Crippen MR) is 64.2 cm³/mol. The Kier molecular flexibility index (Phi) is 4.31. The van der Waals surface area contributed by atoms with Gasteiger partial charge in [-0.2, -0.15) is 0 Å². The van der Waals surface area contributed by atoms with Crippen molar-refractivity contribution in [3.05, 3.63) is 18.2 Å². The van der Waals surface area contributed by atoms with E-state index in [0.717, 1.165) is 6.07 Å². The highest BCUT2D eigenvalue weighted by Crippen LogP contribution is 2.29. The quantitative estimate of drug-likeness (QED) is 0.386. The third kappa shape index (κ3) is 2.94. The van der Waals surface area contributed by atoms with Crippen molar-refractivity contribution in [1.82, 2.24) is 0 Å². The molecular weight excluding hydrogens is 272 g/mol. The summed E-state index contributed by atoms with van der Waals surface area (Å²) in [6.07, 6.45) is -7.06. The number of phenolic OH excluding ortho intramolecular Hbond substituents is 2. The van der Waals surface area contributed by atoms with E-state index >= 15 is 0 Å². The molecule has 2 rings (SSSR count). The largest absolute Gasteiger partial charge is 0.508 e.